The normalized spacial score (nSPS) is 10.4. The Morgan fingerprint density at radius 2 is 2.14 bits per heavy atom. The maximum absolute atomic E-state index is 13.0. The first kappa shape index (κ1) is 8.81. The summed E-state index contributed by atoms with van der Waals surface area (Å²) in [6.07, 6.45) is 0.623. The summed E-state index contributed by atoms with van der Waals surface area (Å²) in [5, 5.41) is 0.651. The molecular weight excluding hydrogens is 181 g/mol. The summed E-state index contributed by atoms with van der Waals surface area (Å²) in [5.74, 6) is -0.412. The average molecular weight is 189 g/mol. The summed E-state index contributed by atoms with van der Waals surface area (Å²) >= 11 is 0. The number of rotatable bonds is 1. The fourth-order valence-electron chi connectivity index (χ4n) is 1.41. The second-order valence-electron chi connectivity index (χ2n) is 3.14. The van der Waals surface area contributed by atoms with Gasteiger partial charge in [0.15, 0.2) is 6.29 Å². The van der Waals surface area contributed by atoms with Crippen LogP contribution in [0.3, 0.4) is 0 Å². The molecule has 0 atom stereocenters. The zero-order chi connectivity index (χ0) is 10.1. The van der Waals surface area contributed by atoms with Gasteiger partial charge in [-0.05, 0) is 25.1 Å². The van der Waals surface area contributed by atoms with E-state index in [-0.39, 0.29) is 0 Å². The molecule has 2 nitrogen and oxygen atoms in total. The number of aromatic nitrogens is 1. The Bertz CT molecular complexity index is 508. The van der Waals surface area contributed by atoms with E-state index >= 15 is 0 Å². The van der Waals surface area contributed by atoms with E-state index in [0.29, 0.717) is 22.8 Å². The van der Waals surface area contributed by atoms with Crippen LogP contribution in [-0.2, 0) is 0 Å². The lowest BCUT2D eigenvalue weighted by molar-refractivity contribution is 0.112. The third-order valence-corrected chi connectivity index (χ3v) is 2.05. The lowest BCUT2D eigenvalue weighted by Gasteiger charge is -2.01. The van der Waals surface area contributed by atoms with Crippen molar-refractivity contribution in [3.05, 3.63) is 41.3 Å². The summed E-state index contributed by atoms with van der Waals surface area (Å²) in [5.41, 5.74) is 1.66. The third-order valence-electron chi connectivity index (χ3n) is 2.05. The minimum Gasteiger partial charge on any atom is -0.298 e. The standard InChI is InChI=1S/C11H8FNO/c1-7-2-3-8-4-10(12)5-9(6-14)11(8)13-7/h2-6H,1H3. The Morgan fingerprint density at radius 1 is 1.36 bits per heavy atom. The topological polar surface area (TPSA) is 30.0 Å². The van der Waals surface area contributed by atoms with Crippen molar-refractivity contribution in [2.45, 2.75) is 6.92 Å². The molecule has 0 saturated heterocycles. The minimum atomic E-state index is -0.412. The zero-order valence-corrected chi connectivity index (χ0v) is 7.62. The summed E-state index contributed by atoms with van der Waals surface area (Å²) in [6, 6.07) is 6.11. The highest BCUT2D eigenvalue weighted by Gasteiger charge is 2.04. The van der Waals surface area contributed by atoms with Gasteiger partial charge in [-0.2, -0.15) is 0 Å². The molecule has 2 aromatic rings. The first-order chi connectivity index (χ1) is 6.70. The molecule has 3 heteroatoms. The van der Waals surface area contributed by atoms with Gasteiger partial charge in [0.25, 0.3) is 0 Å². The highest BCUT2D eigenvalue weighted by Crippen LogP contribution is 2.17. The van der Waals surface area contributed by atoms with E-state index in [1.165, 1.54) is 12.1 Å². The highest BCUT2D eigenvalue weighted by atomic mass is 19.1. The summed E-state index contributed by atoms with van der Waals surface area (Å²) in [6.45, 7) is 1.83. The maximum Gasteiger partial charge on any atom is 0.152 e. The number of aldehydes is 1. The lowest BCUT2D eigenvalue weighted by Crippen LogP contribution is -1.91. The van der Waals surface area contributed by atoms with Crippen LogP contribution in [0, 0.1) is 12.7 Å². The zero-order valence-electron chi connectivity index (χ0n) is 7.62. The monoisotopic (exact) mass is 189 g/mol. The van der Waals surface area contributed by atoms with Crippen molar-refractivity contribution in [2.75, 3.05) is 0 Å². The molecule has 1 aromatic carbocycles. The smallest absolute Gasteiger partial charge is 0.152 e. The van der Waals surface area contributed by atoms with Gasteiger partial charge >= 0.3 is 0 Å². The molecule has 0 fully saturated rings. The fourth-order valence-corrected chi connectivity index (χ4v) is 1.41. The number of halogens is 1. The first-order valence-corrected chi connectivity index (χ1v) is 4.23. The average Bonchev–Trinajstić information content (AvgIpc) is 2.17. The number of nitrogens with zero attached hydrogens (tertiary/aromatic N) is 1. The molecule has 70 valence electrons. The highest BCUT2D eigenvalue weighted by molar-refractivity contribution is 5.95. The molecule has 0 aliphatic rings. The number of fused-ring (bicyclic) bond motifs is 1. The number of hydrogen-bond acceptors (Lipinski definition) is 2. The van der Waals surface area contributed by atoms with Crippen molar-refractivity contribution in [2.24, 2.45) is 0 Å². The van der Waals surface area contributed by atoms with Gasteiger partial charge < -0.3 is 0 Å². The Balaban J connectivity index is 2.88. The van der Waals surface area contributed by atoms with Gasteiger partial charge in [0, 0.05) is 16.6 Å². The summed E-state index contributed by atoms with van der Waals surface area (Å²) in [7, 11) is 0. The number of carbonyl (C=O) groups is 1. The van der Waals surface area contributed by atoms with Crippen LogP contribution >= 0.6 is 0 Å². The first-order valence-electron chi connectivity index (χ1n) is 4.23. The van der Waals surface area contributed by atoms with E-state index in [0.717, 1.165) is 5.69 Å². The molecule has 0 unspecified atom stereocenters. The van der Waals surface area contributed by atoms with Crippen molar-refractivity contribution in [1.82, 2.24) is 4.98 Å². The van der Waals surface area contributed by atoms with Crippen LogP contribution in [0.5, 0.6) is 0 Å². The van der Waals surface area contributed by atoms with Gasteiger partial charge in [-0.15, -0.1) is 0 Å². The Kier molecular flexibility index (Phi) is 2.00. The van der Waals surface area contributed by atoms with Gasteiger partial charge in [-0.3, -0.25) is 9.78 Å². The third kappa shape index (κ3) is 1.37. The number of carbonyl (C=O) groups excluding carboxylic acids is 1. The van der Waals surface area contributed by atoms with Crippen LogP contribution in [0.15, 0.2) is 24.3 Å². The van der Waals surface area contributed by atoms with Crippen LogP contribution in [0.25, 0.3) is 10.9 Å². The molecule has 14 heavy (non-hydrogen) atoms. The fraction of sp³-hybridized carbons (Fsp3) is 0.0909. The van der Waals surface area contributed by atoms with Crippen molar-refractivity contribution in [1.29, 1.82) is 0 Å². The number of aryl methyl sites for hydroxylation is 1. The predicted molar refractivity (Wildman–Crippen MR) is 51.8 cm³/mol. The number of hydrogen-bond donors (Lipinski definition) is 0. The minimum absolute atomic E-state index is 0.295. The van der Waals surface area contributed by atoms with Crippen LogP contribution in [-0.4, -0.2) is 11.3 Å². The maximum atomic E-state index is 13.0. The molecular formula is C11H8FNO. The Morgan fingerprint density at radius 3 is 2.86 bits per heavy atom. The Hall–Kier alpha value is -1.77. The molecule has 0 aliphatic heterocycles. The largest absolute Gasteiger partial charge is 0.298 e. The lowest BCUT2D eigenvalue weighted by atomic mass is 10.1. The SMILES string of the molecule is Cc1ccc2cc(F)cc(C=O)c2n1. The van der Waals surface area contributed by atoms with Gasteiger partial charge in [0.05, 0.1) is 5.52 Å². The van der Waals surface area contributed by atoms with Gasteiger partial charge in [-0.25, -0.2) is 4.39 Å². The van der Waals surface area contributed by atoms with Crippen molar-refractivity contribution < 1.29 is 9.18 Å². The Labute approximate surface area is 80.4 Å². The summed E-state index contributed by atoms with van der Waals surface area (Å²) in [4.78, 5) is 14.9. The molecule has 1 heterocycles. The van der Waals surface area contributed by atoms with Crippen LogP contribution in [0.2, 0.25) is 0 Å². The van der Waals surface area contributed by atoms with Gasteiger partial charge in [0.2, 0.25) is 0 Å². The second-order valence-corrected chi connectivity index (χ2v) is 3.14. The summed E-state index contributed by atoms with van der Waals surface area (Å²) < 4.78 is 13.0. The predicted octanol–water partition coefficient (Wildman–Crippen LogP) is 2.49. The van der Waals surface area contributed by atoms with E-state index in [4.69, 9.17) is 0 Å². The van der Waals surface area contributed by atoms with E-state index in [9.17, 15) is 9.18 Å². The van der Waals surface area contributed by atoms with Gasteiger partial charge in [-0.1, -0.05) is 6.07 Å². The molecule has 0 bridgehead atoms. The van der Waals surface area contributed by atoms with Gasteiger partial charge in [0.1, 0.15) is 5.82 Å². The quantitative estimate of drug-likeness (QED) is 0.645. The molecule has 0 aliphatic carbocycles. The molecule has 0 spiro atoms. The second kappa shape index (κ2) is 3.18. The van der Waals surface area contributed by atoms with E-state index in [1.807, 2.05) is 6.92 Å². The van der Waals surface area contributed by atoms with Crippen LogP contribution in [0.4, 0.5) is 4.39 Å². The number of pyridine rings is 1. The van der Waals surface area contributed by atoms with Crippen molar-refractivity contribution in [3.63, 3.8) is 0 Å². The number of benzene rings is 1. The van der Waals surface area contributed by atoms with Crippen LogP contribution in [0.1, 0.15) is 16.1 Å². The molecule has 2 rings (SSSR count). The molecule has 0 N–H and O–H groups in total. The van der Waals surface area contributed by atoms with Crippen molar-refractivity contribution in [3.8, 4) is 0 Å². The van der Waals surface area contributed by atoms with Crippen LogP contribution < -0.4 is 0 Å². The molecule has 0 radical (unpaired) electrons. The van der Waals surface area contributed by atoms with E-state index in [2.05, 4.69) is 4.98 Å². The van der Waals surface area contributed by atoms with E-state index in [1.54, 1.807) is 12.1 Å². The molecule has 0 amide bonds. The van der Waals surface area contributed by atoms with Crippen molar-refractivity contribution >= 4 is 17.2 Å². The van der Waals surface area contributed by atoms with E-state index < -0.39 is 5.82 Å². The molecule has 0 saturated carbocycles. The molecule has 1 aromatic heterocycles.